The lowest BCUT2D eigenvalue weighted by molar-refractivity contribution is -0.113. The second-order valence-corrected chi connectivity index (χ2v) is 5.78. The molecule has 1 aromatic carbocycles. The highest BCUT2D eigenvalue weighted by Crippen LogP contribution is 2.28. The Morgan fingerprint density at radius 2 is 2.25 bits per heavy atom. The SMILES string of the molecule is Cc1n[nH]c(C)c1NC(=O)CSc1cc(Cl)ccc1N. The predicted molar refractivity (Wildman–Crippen MR) is 83.3 cm³/mol. The number of halogens is 1. The lowest BCUT2D eigenvalue weighted by atomic mass is 10.3. The van der Waals surface area contributed by atoms with Crippen LogP contribution in [0, 0.1) is 13.8 Å². The molecule has 0 saturated carbocycles. The summed E-state index contributed by atoms with van der Waals surface area (Å²) in [5.74, 6) is 0.149. The minimum atomic E-state index is -0.109. The van der Waals surface area contributed by atoms with Crippen molar-refractivity contribution in [2.24, 2.45) is 0 Å². The summed E-state index contributed by atoms with van der Waals surface area (Å²) in [6.07, 6.45) is 0. The quantitative estimate of drug-likeness (QED) is 0.599. The number of aromatic nitrogens is 2. The summed E-state index contributed by atoms with van der Waals surface area (Å²) < 4.78 is 0. The van der Waals surface area contributed by atoms with Gasteiger partial charge in [-0.05, 0) is 32.0 Å². The minimum Gasteiger partial charge on any atom is -0.398 e. The van der Waals surface area contributed by atoms with E-state index in [-0.39, 0.29) is 11.7 Å². The van der Waals surface area contributed by atoms with E-state index in [2.05, 4.69) is 15.5 Å². The fraction of sp³-hybridized carbons (Fsp3) is 0.231. The van der Waals surface area contributed by atoms with Crippen LogP contribution in [0.1, 0.15) is 11.4 Å². The van der Waals surface area contributed by atoms with Crippen LogP contribution in [0.3, 0.4) is 0 Å². The van der Waals surface area contributed by atoms with Gasteiger partial charge in [-0.1, -0.05) is 11.6 Å². The predicted octanol–water partition coefficient (Wildman–Crippen LogP) is 2.99. The lowest BCUT2D eigenvalue weighted by Crippen LogP contribution is -2.15. The number of benzene rings is 1. The first-order valence-corrected chi connectivity index (χ1v) is 7.33. The standard InChI is InChI=1S/C13H15ClN4OS/c1-7-13(8(2)18-17-7)16-12(19)6-20-11-5-9(14)3-4-10(11)15/h3-5H,6,15H2,1-2H3,(H,16,19)(H,17,18). The third-order valence-electron chi connectivity index (χ3n) is 2.73. The van der Waals surface area contributed by atoms with Crippen LogP contribution in [0.4, 0.5) is 11.4 Å². The Morgan fingerprint density at radius 1 is 1.50 bits per heavy atom. The van der Waals surface area contributed by atoms with Crippen molar-refractivity contribution in [1.82, 2.24) is 10.2 Å². The highest BCUT2D eigenvalue weighted by molar-refractivity contribution is 8.00. The van der Waals surface area contributed by atoms with Crippen LogP contribution in [-0.2, 0) is 4.79 Å². The topological polar surface area (TPSA) is 83.8 Å². The smallest absolute Gasteiger partial charge is 0.234 e. The maximum absolute atomic E-state index is 11.9. The summed E-state index contributed by atoms with van der Waals surface area (Å²) in [7, 11) is 0. The number of hydrogen-bond donors (Lipinski definition) is 3. The molecule has 1 amide bonds. The molecule has 0 aliphatic heterocycles. The molecule has 0 atom stereocenters. The van der Waals surface area contributed by atoms with Crippen LogP contribution < -0.4 is 11.1 Å². The summed E-state index contributed by atoms with van der Waals surface area (Å²) in [5.41, 5.74) is 8.78. The summed E-state index contributed by atoms with van der Waals surface area (Å²) in [5, 5.41) is 10.3. The third kappa shape index (κ3) is 3.46. The highest BCUT2D eigenvalue weighted by atomic mass is 35.5. The zero-order chi connectivity index (χ0) is 14.7. The molecule has 0 fully saturated rings. The summed E-state index contributed by atoms with van der Waals surface area (Å²) in [6.45, 7) is 3.69. The number of hydrogen-bond acceptors (Lipinski definition) is 4. The van der Waals surface area contributed by atoms with Gasteiger partial charge in [0.2, 0.25) is 5.91 Å². The zero-order valence-corrected chi connectivity index (χ0v) is 12.7. The molecular weight excluding hydrogens is 296 g/mol. The number of aromatic amines is 1. The third-order valence-corrected chi connectivity index (χ3v) is 4.03. The number of aryl methyl sites for hydroxylation is 2. The van der Waals surface area contributed by atoms with Gasteiger partial charge in [0.1, 0.15) is 0 Å². The molecule has 4 N–H and O–H groups in total. The maximum Gasteiger partial charge on any atom is 0.234 e. The van der Waals surface area contributed by atoms with Gasteiger partial charge in [0.25, 0.3) is 0 Å². The van der Waals surface area contributed by atoms with E-state index < -0.39 is 0 Å². The second-order valence-electron chi connectivity index (χ2n) is 4.33. The number of nitrogens with one attached hydrogen (secondary N) is 2. The van der Waals surface area contributed by atoms with Crippen molar-refractivity contribution in [3.8, 4) is 0 Å². The van der Waals surface area contributed by atoms with Crippen LogP contribution in [0.5, 0.6) is 0 Å². The molecule has 0 saturated heterocycles. The van der Waals surface area contributed by atoms with E-state index in [1.807, 2.05) is 13.8 Å². The Balaban J connectivity index is 1.97. The monoisotopic (exact) mass is 310 g/mol. The number of carbonyl (C=O) groups excluding carboxylic acids is 1. The molecule has 1 aromatic heterocycles. The van der Waals surface area contributed by atoms with Gasteiger partial charge in [-0.15, -0.1) is 11.8 Å². The Hall–Kier alpha value is -1.66. The van der Waals surface area contributed by atoms with Gasteiger partial charge in [0.05, 0.1) is 22.8 Å². The minimum absolute atomic E-state index is 0.109. The molecule has 0 aliphatic rings. The average Bonchev–Trinajstić information content (AvgIpc) is 2.71. The molecule has 0 spiro atoms. The van der Waals surface area contributed by atoms with E-state index >= 15 is 0 Å². The number of nitrogens with two attached hydrogens (primary N) is 1. The van der Waals surface area contributed by atoms with Crippen LogP contribution in [0.25, 0.3) is 0 Å². The fourth-order valence-corrected chi connectivity index (χ4v) is 2.73. The number of rotatable bonds is 4. The van der Waals surface area contributed by atoms with E-state index in [1.54, 1.807) is 18.2 Å². The van der Waals surface area contributed by atoms with Crippen molar-refractivity contribution in [2.75, 3.05) is 16.8 Å². The van der Waals surface area contributed by atoms with Crippen molar-refractivity contribution in [3.63, 3.8) is 0 Å². The Labute approximate surface area is 126 Å². The fourth-order valence-electron chi connectivity index (χ4n) is 1.69. The number of carbonyl (C=O) groups is 1. The van der Waals surface area contributed by atoms with Gasteiger partial charge in [-0.3, -0.25) is 9.89 Å². The van der Waals surface area contributed by atoms with Crippen molar-refractivity contribution >= 4 is 40.6 Å². The molecule has 0 radical (unpaired) electrons. The summed E-state index contributed by atoms with van der Waals surface area (Å²) in [6, 6.07) is 5.20. The highest BCUT2D eigenvalue weighted by Gasteiger charge is 2.11. The summed E-state index contributed by atoms with van der Waals surface area (Å²) in [4.78, 5) is 12.7. The van der Waals surface area contributed by atoms with Gasteiger partial charge in [-0.2, -0.15) is 5.10 Å². The van der Waals surface area contributed by atoms with Crippen LogP contribution in [0.2, 0.25) is 5.02 Å². The van der Waals surface area contributed by atoms with Crippen molar-refractivity contribution in [3.05, 3.63) is 34.6 Å². The van der Waals surface area contributed by atoms with E-state index in [0.29, 0.717) is 10.7 Å². The van der Waals surface area contributed by atoms with Gasteiger partial charge >= 0.3 is 0 Å². The maximum atomic E-state index is 11.9. The van der Waals surface area contributed by atoms with E-state index in [0.717, 1.165) is 22.0 Å². The van der Waals surface area contributed by atoms with Crippen LogP contribution in [-0.4, -0.2) is 21.9 Å². The molecule has 0 aliphatic carbocycles. The number of thioether (sulfide) groups is 1. The average molecular weight is 311 g/mol. The van der Waals surface area contributed by atoms with Gasteiger partial charge in [-0.25, -0.2) is 0 Å². The van der Waals surface area contributed by atoms with Crippen molar-refractivity contribution in [1.29, 1.82) is 0 Å². The Morgan fingerprint density at radius 3 is 2.90 bits per heavy atom. The number of amides is 1. The van der Waals surface area contributed by atoms with Crippen molar-refractivity contribution < 1.29 is 4.79 Å². The zero-order valence-electron chi connectivity index (χ0n) is 11.2. The Kier molecular flexibility index (Phi) is 4.57. The molecule has 0 unspecified atom stereocenters. The summed E-state index contributed by atoms with van der Waals surface area (Å²) >= 11 is 7.26. The Bertz CT molecular complexity index is 622. The van der Waals surface area contributed by atoms with E-state index in [9.17, 15) is 4.79 Å². The van der Waals surface area contributed by atoms with Gasteiger partial charge < -0.3 is 11.1 Å². The van der Waals surface area contributed by atoms with Crippen LogP contribution in [0.15, 0.2) is 23.1 Å². The first-order chi connectivity index (χ1) is 9.47. The number of anilines is 2. The molecule has 20 heavy (non-hydrogen) atoms. The molecule has 106 valence electrons. The largest absolute Gasteiger partial charge is 0.398 e. The second kappa shape index (κ2) is 6.19. The molecule has 7 heteroatoms. The van der Waals surface area contributed by atoms with Crippen LogP contribution >= 0.6 is 23.4 Å². The first-order valence-electron chi connectivity index (χ1n) is 5.96. The molecule has 2 aromatic rings. The molecule has 2 rings (SSSR count). The molecule has 0 bridgehead atoms. The molecule has 1 heterocycles. The lowest BCUT2D eigenvalue weighted by Gasteiger charge is -2.07. The van der Waals surface area contributed by atoms with Gasteiger partial charge in [0.15, 0.2) is 0 Å². The number of H-pyrrole nitrogens is 1. The number of nitrogen functional groups attached to an aromatic ring is 1. The van der Waals surface area contributed by atoms with Crippen molar-refractivity contribution in [2.45, 2.75) is 18.7 Å². The normalized spacial score (nSPS) is 10.6. The van der Waals surface area contributed by atoms with Gasteiger partial charge in [0, 0.05) is 15.6 Å². The van der Waals surface area contributed by atoms with E-state index in [4.69, 9.17) is 17.3 Å². The molecule has 5 nitrogen and oxygen atoms in total. The molecular formula is C13H15ClN4OS. The first kappa shape index (κ1) is 14.7. The van der Waals surface area contributed by atoms with E-state index in [1.165, 1.54) is 11.8 Å². The number of nitrogens with zero attached hydrogens (tertiary/aromatic N) is 1.